The van der Waals surface area contributed by atoms with Gasteiger partial charge in [-0.05, 0) is 6.92 Å². The Morgan fingerprint density at radius 2 is 2.08 bits per heavy atom. The Morgan fingerprint density at radius 1 is 1.62 bits per heavy atom. The highest BCUT2D eigenvalue weighted by Crippen LogP contribution is 2.03. The van der Waals surface area contributed by atoms with Gasteiger partial charge in [-0.3, -0.25) is 9.35 Å². The molecule has 0 unspecified atom stereocenters. The maximum atomic E-state index is 11.1. The van der Waals surface area contributed by atoms with Crippen LogP contribution in [0.25, 0.3) is 0 Å². The van der Waals surface area contributed by atoms with Gasteiger partial charge in [-0.1, -0.05) is 12.7 Å². The van der Waals surface area contributed by atoms with Crippen molar-refractivity contribution in [2.45, 2.75) is 6.92 Å². The van der Waals surface area contributed by atoms with Crippen LogP contribution in [0.3, 0.4) is 0 Å². The van der Waals surface area contributed by atoms with Crippen LogP contribution in [0.15, 0.2) is 24.8 Å². The van der Waals surface area contributed by atoms with Crippen LogP contribution >= 0.6 is 0 Å². The average molecular weight is 205 g/mol. The zero-order valence-corrected chi connectivity index (χ0v) is 8.04. The van der Waals surface area contributed by atoms with Crippen molar-refractivity contribution in [3.63, 3.8) is 0 Å². The van der Waals surface area contributed by atoms with E-state index < -0.39 is 16.2 Å². The first-order valence-electron chi connectivity index (χ1n) is 3.36. The van der Waals surface area contributed by atoms with Crippen LogP contribution in [-0.4, -0.2) is 29.7 Å². The summed E-state index contributed by atoms with van der Waals surface area (Å²) < 4.78 is 30.2. The highest BCUT2D eigenvalue weighted by atomic mass is 32.2. The molecule has 0 aliphatic carbocycles. The first-order valence-corrected chi connectivity index (χ1v) is 4.76. The molecule has 0 fully saturated rings. The van der Waals surface area contributed by atoms with E-state index in [-0.39, 0.29) is 16.4 Å². The highest BCUT2D eigenvalue weighted by molar-refractivity contribution is 7.84. The van der Waals surface area contributed by atoms with Crippen LogP contribution in [0.4, 0.5) is 0 Å². The van der Waals surface area contributed by atoms with Crippen molar-refractivity contribution >= 4 is 16.2 Å². The third kappa shape index (κ3) is 3.39. The molecular formula is C7H11NO4S. The van der Waals surface area contributed by atoms with E-state index in [0.29, 0.717) is 0 Å². The zero-order chi connectivity index (χ0) is 10.6. The van der Waals surface area contributed by atoms with Gasteiger partial charge in [0.25, 0.3) is 5.91 Å². The fraction of sp³-hybridized carbons (Fsp3) is 0.286. The lowest BCUT2D eigenvalue weighted by Crippen LogP contribution is -2.36. The molecule has 0 aliphatic heterocycles. The second-order valence-electron chi connectivity index (χ2n) is 2.38. The molecule has 6 heteroatoms. The topological polar surface area (TPSA) is 74.7 Å². The van der Waals surface area contributed by atoms with E-state index in [1.165, 1.54) is 13.0 Å². The van der Waals surface area contributed by atoms with Crippen molar-refractivity contribution in [1.82, 2.24) is 4.31 Å². The SMILES string of the molecule is C=CCN(C(=O)C(=C)C)S(=O)(=O)O. The van der Waals surface area contributed by atoms with Crippen molar-refractivity contribution in [1.29, 1.82) is 0 Å². The van der Waals surface area contributed by atoms with Crippen LogP contribution in [0.1, 0.15) is 6.92 Å². The first kappa shape index (κ1) is 11.9. The number of nitrogens with zero attached hydrogens (tertiary/aromatic N) is 1. The molecule has 1 N–H and O–H groups in total. The van der Waals surface area contributed by atoms with Gasteiger partial charge in [0, 0.05) is 5.57 Å². The Morgan fingerprint density at radius 3 is 2.31 bits per heavy atom. The number of rotatable bonds is 4. The second kappa shape index (κ2) is 4.20. The fourth-order valence-electron chi connectivity index (χ4n) is 0.612. The second-order valence-corrected chi connectivity index (χ2v) is 3.72. The number of carbonyl (C=O) groups excluding carboxylic acids is 1. The van der Waals surface area contributed by atoms with Crippen molar-refractivity contribution in [3.05, 3.63) is 24.8 Å². The highest BCUT2D eigenvalue weighted by Gasteiger charge is 2.23. The lowest BCUT2D eigenvalue weighted by Gasteiger charge is -2.16. The predicted octanol–water partition coefficient (Wildman–Crippen LogP) is 0.380. The van der Waals surface area contributed by atoms with E-state index in [1.54, 1.807) is 0 Å². The Hall–Kier alpha value is -1.14. The Labute approximate surface area is 77.2 Å². The molecule has 0 bridgehead atoms. The monoisotopic (exact) mass is 205 g/mol. The smallest absolute Gasteiger partial charge is 0.269 e. The summed E-state index contributed by atoms with van der Waals surface area (Å²) in [6, 6.07) is 0. The molecule has 0 saturated carbocycles. The quantitative estimate of drug-likeness (QED) is 0.409. The van der Waals surface area contributed by atoms with Gasteiger partial charge in [0.15, 0.2) is 0 Å². The maximum absolute atomic E-state index is 11.1. The molecule has 5 nitrogen and oxygen atoms in total. The van der Waals surface area contributed by atoms with E-state index in [1.807, 2.05) is 0 Å². The summed E-state index contributed by atoms with van der Waals surface area (Å²) >= 11 is 0. The average Bonchev–Trinajstić information content (AvgIpc) is 1.96. The first-order chi connectivity index (χ1) is 5.80. The minimum absolute atomic E-state index is 0.0273. The lowest BCUT2D eigenvalue weighted by atomic mass is 10.3. The summed E-state index contributed by atoms with van der Waals surface area (Å²) in [4.78, 5) is 11.1. The number of hydrogen-bond donors (Lipinski definition) is 1. The van der Waals surface area contributed by atoms with Crippen LogP contribution < -0.4 is 0 Å². The largest absolute Gasteiger partial charge is 0.362 e. The van der Waals surface area contributed by atoms with E-state index >= 15 is 0 Å². The summed E-state index contributed by atoms with van der Waals surface area (Å²) in [5.74, 6) is -0.845. The van der Waals surface area contributed by atoms with Gasteiger partial charge in [-0.25, -0.2) is 4.31 Å². The molecule has 0 spiro atoms. The molecule has 0 aromatic rings. The van der Waals surface area contributed by atoms with Gasteiger partial charge in [0.1, 0.15) is 0 Å². The minimum Gasteiger partial charge on any atom is -0.269 e. The number of hydrogen-bond acceptors (Lipinski definition) is 3. The van der Waals surface area contributed by atoms with Crippen molar-refractivity contribution in [2.75, 3.05) is 6.54 Å². The van der Waals surface area contributed by atoms with E-state index in [4.69, 9.17) is 4.55 Å². The van der Waals surface area contributed by atoms with Crippen LogP contribution in [0.2, 0.25) is 0 Å². The molecule has 0 aromatic heterocycles. The van der Waals surface area contributed by atoms with E-state index in [2.05, 4.69) is 13.2 Å². The molecule has 1 amide bonds. The molecule has 0 rings (SSSR count). The maximum Gasteiger partial charge on any atom is 0.362 e. The van der Waals surface area contributed by atoms with Gasteiger partial charge in [-0.2, -0.15) is 8.42 Å². The third-order valence-electron chi connectivity index (χ3n) is 1.17. The normalized spacial score (nSPS) is 10.6. The molecule has 13 heavy (non-hydrogen) atoms. The molecular weight excluding hydrogens is 194 g/mol. The van der Waals surface area contributed by atoms with Gasteiger partial charge in [0.05, 0.1) is 6.54 Å². The summed E-state index contributed by atoms with van der Waals surface area (Å²) in [5.41, 5.74) is 0.0273. The molecule has 0 radical (unpaired) electrons. The number of amides is 1. The Bertz CT molecular complexity index is 330. The fourth-order valence-corrected chi connectivity index (χ4v) is 1.27. The molecule has 0 aromatic carbocycles. The summed E-state index contributed by atoms with van der Waals surface area (Å²) in [6.45, 7) is 7.60. The minimum atomic E-state index is -4.52. The predicted molar refractivity (Wildman–Crippen MR) is 48.3 cm³/mol. The van der Waals surface area contributed by atoms with Crippen LogP contribution in [-0.2, 0) is 15.1 Å². The van der Waals surface area contributed by atoms with Gasteiger partial charge < -0.3 is 0 Å². The molecule has 0 aliphatic rings. The van der Waals surface area contributed by atoms with Crippen LogP contribution in [0, 0.1) is 0 Å². The van der Waals surface area contributed by atoms with Crippen LogP contribution in [0.5, 0.6) is 0 Å². The van der Waals surface area contributed by atoms with Crippen molar-refractivity contribution < 1.29 is 17.8 Å². The lowest BCUT2D eigenvalue weighted by molar-refractivity contribution is -0.122. The molecule has 0 saturated heterocycles. The summed E-state index contributed by atoms with van der Waals surface area (Å²) in [7, 11) is -4.52. The molecule has 0 heterocycles. The summed E-state index contributed by atoms with van der Waals surface area (Å²) in [6.07, 6.45) is 1.19. The van der Waals surface area contributed by atoms with Crippen molar-refractivity contribution in [3.8, 4) is 0 Å². The Balaban J connectivity index is 4.94. The standard InChI is InChI=1S/C7H11NO4S/c1-4-5-8(13(10,11)12)7(9)6(2)3/h4H,1-2,5H2,3H3,(H,10,11,12). The van der Waals surface area contributed by atoms with Gasteiger partial charge in [-0.15, -0.1) is 6.58 Å². The molecule has 0 atom stereocenters. The van der Waals surface area contributed by atoms with E-state index in [0.717, 1.165) is 0 Å². The Kier molecular flexibility index (Phi) is 3.83. The van der Waals surface area contributed by atoms with Crippen molar-refractivity contribution in [2.24, 2.45) is 0 Å². The summed E-state index contributed by atoms with van der Waals surface area (Å²) in [5, 5.41) is 0. The number of carbonyl (C=O) groups is 1. The molecule has 74 valence electrons. The van der Waals surface area contributed by atoms with Gasteiger partial charge >= 0.3 is 10.3 Å². The zero-order valence-electron chi connectivity index (χ0n) is 7.23. The third-order valence-corrected chi connectivity index (χ3v) is 2.04. The van der Waals surface area contributed by atoms with Gasteiger partial charge in [0.2, 0.25) is 0 Å². The van der Waals surface area contributed by atoms with E-state index in [9.17, 15) is 13.2 Å².